The van der Waals surface area contributed by atoms with E-state index < -0.39 is 0 Å². The van der Waals surface area contributed by atoms with Crippen LogP contribution < -0.4 is 16.0 Å². The maximum atomic E-state index is 11.9. The maximum absolute atomic E-state index is 11.9. The van der Waals surface area contributed by atoms with Crippen LogP contribution in [0, 0.1) is 5.92 Å². The molecule has 0 unspecified atom stereocenters. The summed E-state index contributed by atoms with van der Waals surface area (Å²) < 4.78 is 0. The van der Waals surface area contributed by atoms with E-state index in [9.17, 15) is 9.59 Å². The second-order valence-electron chi connectivity index (χ2n) is 7.08. The van der Waals surface area contributed by atoms with Crippen LogP contribution in [0.5, 0.6) is 0 Å². The summed E-state index contributed by atoms with van der Waals surface area (Å²) in [6.45, 7) is 2.18. The lowest BCUT2D eigenvalue weighted by Gasteiger charge is -2.33. The van der Waals surface area contributed by atoms with Crippen molar-refractivity contribution in [3.8, 4) is 0 Å². The van der Waals surface area contributed by atoms with Gasteiger partial charge in [0.05, 0.1) is 5.92 Å². The fourth-order valence-corrected chi connectivity index (χ4v) is 3.67. The molecule has 5 heteroatoms. The lowest BCUT2D eigenvalue weighted by molar-refractivity contribution is -0.122. The minimum Gasteiger partial charge on any atom is -0.371 e. The summed E-state index contributed by atoms with van der Waals surface area (Å²) in [5.74, 6) is -0.266. The van der Waals surface area contributed by atoms with Crippen LogP contribution in [0.4, 0.5) is 5.69 Å². The first kappa shape index (κ1) is 17.5. The van der Waals surface area contributed by atoms with E-state index in [0.29, 0.717) is 13.1 Å². The number of anilines is 1. The smallest absolute Gasteiger partial charge is 0.244 e. The number of piperidine rings is 1. The van der Waals surface area contributed by atoms with E-state index >= 15 is 0 Å². The molecular weight excluding hydrogens is 314 g/mol. The van der Waals surface area contributed by atoms with Gasteiger partial charge in [0.15, 0.2) is 0 Å². The molecule has 1 aromatic carbocycles. The Labute approximate surface area is 149 Å². The molecule has 3 rings (SSSR count). The van der Waals surface area contributed by atoms with Gasteiger partial charge in [-0.25, -0.2) is 0 Å². The maximum Gasteiger partial charge on any atom is 0.244 e. The second kappa shape index (κ2) is 8.19. The molecule has 1 aromatic rings. The highest BCUT2D eigenvalue weighted by Crippen LogP contribution is 2.24. The van der Waals surface area contributed by atoms with Crippen molar-refractivity contribution in [2.24, 2.45) is 11.7 Å². The summed E-state index contributed by atoms with van der Waals surface area (Å²) in [5.41, 5.74) is 8.89. The molecule has 5 nitrogen and oxygen atoms in total. The molecule has 134 valence electrons. The van der Waals surface area contributed by atoms with Crippen LogP contribution in [0.1, 0.15) is 44.1 Å². The third kappa shape index (κ3) is 4.84. The second-order valence-corrected chi connectivity index (χ2v) is 7.08. The molecule has 1 heterocycles. The van der Waals surface area contributed by atoms with Gasteiger partial charge in [0.1, 0.15) is 0 Å². The molecule has 25 heavy (non-hydrogen) atoms. The Morgan fingerprint density at radius 3 is 2.56 bits per heavy atom. The number of nitrogens with two attached hydrogens (primary N) is 1. The van der Waals surface area contributed by atoms with Gasteiger partial charge < -0.3 is 16.0 Å². The minimum atomic E-state index is -0.208. The highest BCUT2D eigenvalue weighted by molar-refractivity contribution is 5.88. The summed E-state index contributed by atoms with van der Waals surface area (Å²) in [6, 6.07) is 8.18. The largest absolute Gasteiger partial charge is 0.371 e. The molecule has 0 aromatic heterocycles. The number of nitrogens with one attached hydrogen (secondary N) is 1. The highest BCUT2D eigenvalue weighted by Gasteiger charge is 2.24. The number of amides is 2. The van der Waals surface area contributed by atoms with Crippen molar-refractivity contribution in [1.29, 1.82) is 0 Å². The average Bonchev–Trinajstić information content (AvgIpc) is 3.13. The van der Waals surface area contributed by atoms with E-state index in [1.165, 1.54) is 18.4 Å². The monoisotopic (exact) mass is 341 g/mol. The topological polar surface area (TPSA) is 75.4 Å². The summed E-state index contributed by atoms with van der Waals surface area (Å²) in [6.07, 6.45) is 8.15. The molecule has 2 fully saturated rings. The van der Waals surface area contributed by atoms with Gasteiger partial charge in [-0.05, 0) is 56.2 Å². The van der Waals surface area contributed by atoms with Gasteiger partial charge in [-0.3, -0.25) is 9.59 Å². The Kier molecular flexibility index (Phi) is 5.74. The van der Waals surface area contributed by atoms with Gasteiger partial charge in [-0.2, -0.15) is 0 Å². The van der Waals surface area contributed by atoms with E-state index in [4.69, 9.17) is 5.73 Å². The molecule has 3 N–H and O–H groups in total. The zero-order chi connectivity index (χ0) is 17.6. The van der Waals surface area contributed by atoms with Crippen molar-refractivity contribution in [2.45, 2.75) is 45.1 Å². The Morgan fingerprint density at radius 2 is 1.88 bits per heavy atom. The predicted octanol–water partition coefficient (Wildman–Crippen LogP) is 2.50. The quantitative estimate of drug-likeness (QED) is 0.808. The van der Waals surface area contributed by atoms with Crippen molar-refractivity contribution < 1.29 is 9.59 Å². The Bertz CT molecular complexity index is 643. The average molecular weight is 341 g/mol. The van der Waals surface area contributed by atoms with Crippen LogP contribution in [-0.2, 0) is 16.1 Å². The molecule has 0 radical (unpaired) electrons. The van der Waals surface area contributed by atoms with Crippen molar-refractivity contribution in [3.63, 3.8) is 0 Å². The van der Waals surface area contributed by atoms with Crippen LogP contribution in [0.15, 0.2) is 35.9 Å². The van der Waals surface area contributed by atoms with E-state index in [1.807, 2.05) is 12.1 Å². The molecule has 2 aliphatic rings. The normalized spacial score (nSPS) is 20.4. The zero-order valence-electron chi connectivity index (χ0n) is 14.7. The number of hydrogen-bond acceptors (Lipinski definition) is 3. The molecular formula is C20H27N3O2. The lowest BCUT2D eigenvalue weighted by atomic mass is 9.97. The summed E-state index contributed by atoms with van der Waals surface area (Å²) >= 11 is 0. The van der Waals surface area contributed by atoms with Crippen molar-refractivity contribution in [1.82, 2.24) is 5.32 Å². The van der Waals surface area contributed by atoms with E-state index in [0.717, 1.165) is 43.5 Å². The SMILES string of the molecule is NC(=O)[C@@H]1CCCN(c2ccc(CNC(=O)C=C3CCCC3)cc2)C1. The molecule has 0 spiro atoms. The molecule has 1 saturated carbocycles. The Hall–Kier alpha value is -2.30. The van der Waals surface area contributed by atoms with E-state index in [-0.39, 0.29) is 17.7 Å². The number of allylic oxidation sites excluding steroid dienone is 1. The van der Waals surface area contributed by atoms with Gasteiger partial charge in [-0.15, -0.1) is 0 Å². The van der Waals surface area contributed by atoms with Crippen molar-refractivity contribution in [2.75, 3.05) is 18.0 Å². The minimum absolute atomic E-state index is 0.00121. The first-order valence-corrected chi connectivity index (χ1v) is 9.22. The number of primary amides is 1. The van der Waals surface area contributed by atoms with Gasteiger partial charge in [0, 0.05) is 31.4 Å². The first-order valence-electron chi connectivity index (χ1n) is 9.22. The predicted molar refractivity (Wildman–Crippen MR) is 99.0 cm³/mol. The molecule has 2 amide bonds. The van der Waals surface area contributed by atoms with Gasteiger partial charge in [-0.1, -0.05) is 17.7 Å². The van der Waals surface area contributed by atoms with Crippen molar-refractivity contribution in [3.05, 3.63) is 41.5 Å². The van der Waals surface area contributed by atoms with Crippen molar-refractivity contribution >= 4 is 17.5 Å². The number of hydrogen-bond donors (Lipinski definition) is 2. The van der Waals surface area contributed by atoms with Gasteiger partial charge in [0.2, 0.25) is 11.8 Å². The summed E-state index contributed by atoms with van der Waals surface area (Å²) in [4.78, 5) is 25.6. The van der Waals surface area contributed by atoms with Crippen LogP contribution >= 0.6 is 0 Å². The third-order valence-electron chi connectivity index (χ3n) is 5.17. The third-order valence-corrected chi connectivity index (χ3v) is 5.17. The zero-order valence-corrected chi connectivity index (χ0v) is 14.7. The summed E-state index contributed by atoms with van der Waals surface area (Å²) in [7, 11) is 0. The molecule has 0 bridgehead atoms. The molecule has 1 saturated heterocycles. The van der Waals surface area contributed by atoms with Gasteiger partial charge in [0.25, 0.3) is 0 Å². The Morgan fingerprint density at radius 1 is 1.16 bits per heavy atom. The fourth-order valence-electron chi connectivity index (χ4n) is 3.67. The van der Waals surface area contributed by atoms with Crippen LogP contribution in [0.25, 0.3) is 0 Å². The first-order chi connectivity index (χ1) is 12.1. The molecule has 1 atom stereocenters. The van der Waals surface area contributed by atoms with Crippen LogP contribution in [0.2, 0.25) is 0 Å². The summed E-state index contributed by atoms with van der Waals surface area (Å²) in [5, 5.41) is 2.96. The van der Waals surface area contributed by atoms with Gasteiger partial charge >= 0.3 is 0 Å². The standard InChI is InChI=1S/C20H27N3O2/c21-20(25)17-6-3-11-23(14-17)18-9-7-16(8-10-18)13-22-19(24)12-15-4-1-2-5-15/h7-10,12,17H,1-6,11,13-14H2,(H2,21,25)(H,22,24)/t17-/m1/s1. The van der Waals surface area contributed by atoms with E-state index in [2.05, 4.69) is 22.3 Å². The van der Waals surface area contributed by atoms with Crippen LogP contribution in [-0.4, -0.2) is 24.9 Å². The fraction of sp³-hybridized carbons (Fsp3) is 0.500. The highest BCUT2D eigenvalue weighted by atomic mass is 16.1. The van der Waals surface area contributed by atoms with E-state index in [1.54, 1.807) is 6.08 Å². The number of carbonyl (C=O) groups excluding carboxylic acids is 2. The number of rotatable bonds is 5. The molecule has 1 aliphatic carbocycles. The Balaban J connectivity index is 1.52. The number of carbonyl (C=O) groups is 2. The lowest BCUT2D eigenvalue weighted by Crippen LogP contribution is -2.41. The number of benzene rings is 1. The molecule has 1 aliphatic heterocycles. The number of nitrogens with zero attached hydrogens (tertiary/aromatic N) is 1. The van der Waals surface area contributed by atoms with Crippen LogP contribution in [0.3, 0.4) is 0 Å².